The molecule has 1 saturated carbocycles. The van der Waals surface area contributed by atoms with Crippen LogP contribution in [0.2, 0.25) is 0 Å². The fourth-order valence-corrected chi connectivity index (χ4v) is 3.91. The van der Waals surface area contributed by atoms with Crippen molar-refractivity contribution in [3.05, 3.63) is 29.2 Å². The Balaban J connectivity index is 1.78. The monoisotopic (exact) mass is 344 g/mol. The minimum Gasteiger partial charge on any atom is -0.381 e. The maximum atomic E-state index is 12.9. The molecule has 3 rings (SSSR count). The minimum atomic E-state index is -0.275. The number of ether oxygens (including phenoxy) is 1. The van der Waals surface area contributed by atoms with Gasteiger partial charge in [0, 0.05) is 24.0 Å². The highest BCUT2D eigenvalue weighted by molar-refractivity contribution is 6.00. The Bertz CT molecular complexity index is 773. The van der Waals surface area contributed by atoms with Gasteiger partial charge in [0.1, 0.15) is 5.56 Å². The van der Waals surface area contributed by atoms with Crippen molar-refractivity contribution in [3.8, 4) is 0 Å². The molecule has 2 heterocycles. The summed E-state index contributed by atoms with van der Waals surface area (Å²) < 4.78 is 7.18. The number of aromatic nitrogens is 3. The molecule has 1 N–H and O–H groups in total. The van der Waals surface area contributed by atoms with Crippen LogP contribution in [-0.4, -0.2) is 39.3 Å². The smallest absolute Gasteiger partial charge is 0.257 e. The number of rotatable bonds is 4. The molecule has 2 aromatic rings. The quantitative estimate of drug-likeness (QED) is 0.925. The lowest BCUT2D eigenvalue weighted by atomic mass is 9.75. The first-order valence-electron chi connectivity index (χ1n) is 8.99. The van der Waals surface area contributed by atoms with Crippen LogP contribution in [-0.2, 0) is 4.74 Å². The van der Waals surface area contributed by atoms with Gasteiger partial charge < -0.3 is 10.1 Å². The number of hydrogen-bond acceptors (Lipinski definition) is 4. The van der Waals surface area contributed by atoms with Crippen LogP contribution < -0.4 is 5.32 Å². The van der Waals surface area contributed by atoms with Gasteiger partial charge in [-0.1, -0.05) is 0 Å². The van der Waals surface area contributed by atoms with Crippen LogP contribution in [0.1, 0.15) is 61.3 Å². The summed E-state index contributed by atoms with van der Waals surface area (Å²) >= 11 is 0. The van der Waals surface area contributed by atoms with Crippen LogP contribution in [0.15, 0.2) is 12.3 Å². The molecule has 1 aliphatic carbocycles. The normalized spacial score (nSPS) is 21.5. The second-order valence-electron chi connectivity index (χ2n) is 7.72. The third kappa shape index (κ3) is 3.54. The van der Waals surface area contributed by atoms with E-state index in [9.17, 15) is 4.79 Å². The van der Waals surface area contributed by atoms with Crippen molar-refractivity contribution < 1.29 is 9.53 Å². The van der Waals surface area contributed by atoms with Crippen molar-refractivity contribution in [2.24, 2.45) is 5.92 Å². The lowest BCUT2D eigenvalue weighted by molar-refractivity contribution is 0.0397. The van der Waals surface area contributed by atoms with Gasteiger partial charge >= 0.3 is 0 Å². The predicted octanol–water partition coefficient (Wildman–Crippen LogP) is 3.06. The van der Waals surface area contributed by atoms with Gasteiger partial charge in [0.25, 0.3) is 5.91 Å². The van der Waals surface area contributed by atoms with Gasteiger partial charge in [-0.2, -0.15) is 5.10 Å². The van der Waals surface area contributed by atoms with E-state index in [1.54, 1.807) is 17.8 Å². The molecule has 0 aliphatic heterocycles. The summed E-state index contributed by atoms with van der Waals surface area (Å²) in [6.45, 7) is 8.12. The Kier molecular flexibility index (Phi) is 4.82. The topological polar surface area (TPSA) is 68.5 Å². The van der Waals surface area contributed by atoms with Crippen molar-refractivity contribution in [3.63, 3.8) is 0 Å². The molecule has 0 spiro atoms. The molecule has 2 aromatic heterocycles. The molecule has 25 heavy (non-hydrogen) atoms. The summed E-state index contributed by atoms with van der Waals surface area (Å²) in [5.41, 5.74) is 2.73. The maximum Gasteiger partial charge on any atom is 0.257 e. The molecule has 0 aromatic carbocycles. The zero-order chi connectivity index (χ0) is 18.2. The highest BCUT2D eigenvalue weighted by Crippen LogP contribution is 2.33. The van der Waals surface area contributed by atoms with Crippen LogP contribution in [0.3, 0.4) is 0 Å². The second kappa shape index (κ2) is 6.75. The van der Waals surface area contributed by atoms with E-state index in [1.807, 2.05) is 19.9 Å². The Morgan fingerprint density at radius 3 is 2.60 bits per heavy atom. The van der Waals surface area contributed by atoms with E-state index in [0.717, 1.165) is 37.1 Å². The van der Waals surface area contributed by atoms with Crippen molar-refractivity contribution in [1.29, 1.82) is 0 Å². The third-order valence-electron chi connectivity index (χ3n) is 5.49. The fraction of sp³-hybridized carbons (Fsp3) is 0.632. The third-order valence-corrected chi connectivity index (χ3v) is 5.49. The molecular formula is C19H28N4O2. The number of carbonyl (C=O) groups excluding carboxylic acids is 1. The van der Waals surface area contributed by atoms with Gasteiger partial charge in [-0.3, -0.25) is 4.79 Å². The highest BCUT2D eigenvalue weighted by atomic mass is 16.5. The second-order valence-corrected chi connectivity index (χ2v) is 7.72. The highest BCUT2D eigenvalue weighted by Gasteiger charge is 2.35. The van der Waals surface area contributed by atoms with Gasteiger partial charge in [-0.05, 0) is 65.4 Å². The summed E-state index contributed by atoms with van der Waals surface area (Å²) in [4.78, 5) is 17.4. The molecule has 6 nitrogen and oxygen atoms in total. The van der Waals surface area contributed by atoms with Crippen LogP contribution in [0.4, 0.5) is 0 Å². The summed E-state index contributed by atoms with van der Waals surface area (Å²) in [7, 11) is 1.78. The molecule has 6 heteroatoms. The van der Waals surface area contributed by atoms with E-state index in [4.69, 9.17) is 4.74 Å². The van der Waals surface area contributed by atoms with E-state index in [-0.39, 0.29) is 11.4 Å². The number of aryl methyl sites for hydroxylation is 2. The Labute approximate surface area is 149 Å². The van der Waals surface area contributed by atoms with Gasteiger partial charge in [-0.15, -0.1) is 0 Å². The number of amides is 1. The predicted molar refractivity (Wildman–Crippen MR) is 96.8 cm³/mol. The SMILES string of the molecule is COC1CCC(C(C)(C)NC(=O)c2cnn3c(C)cc(C)nc23)CC1. The first kappa shape index (κ1) is 17.9. The number of hydrogen-bond donors (Lipinski definition) is 1. The van der Waals surface area contributed by atoms with Gasteiger partial charge in [0.15, 0.2) is 5.65 Å². The number of methoxy groups -OCH3 is 1. The number of fused-ring (bicyclic) bond motifs is 1. The average Bonchev–Trinajstić information content (AvgIpc) is 2.98. The summed E-state index contributed by atoms with van der Waals surface area (Å²) in [6, 6.07) is 1.96. The molecule has 0 unspecified atom stereocenters. The number of carbonyl (C=O) groups is 1. The van der Waals surface area contributed by atoms with E-state index >= 15 is 0 Å². The van der Waals surface area contributed by atoms with E-state index in [0.29, 0.717) is 23.2 Å². The van der Waals surface area contributed by atoms with Crippen LogP contribution in [0, 0.1) is 19.8 Å². The van der Waals surface area contributed by atoms with Gasteiger partial charge in [0.05, 0.1) is 12.3 Å². The lowest BCUT2D eigenvalue weighted by Crippen LogP contribution is -2.50. The van der Waals surface area contributed by atoms with Gasteiger partial charge in [-0.25, -0.2) is 9.50 Å². The Morgan fingerprint density at radius 2 is 1.96 bits per heavy atom. The van der Waals surface area contributed by atoms with E-state index in [1.165, 1.54) is 0 Å². The molecule has 1 aliphatic rings. The minimum absolute atomic E-state index is 0.105. The Morgan fingerprint density at radius 1 is 1.28 bits per heavy atom. The molecule has 1 fully saturated rings. The van der Waals surface area contributed by atoms with E-state index < -0.39 is 0 Å². The summed E-state index contributed by atoms with van der Waals surface area (Å²) in [5, 5.41) is 7.54. The molecule has 1 amide bonds. The summed E-state index contributed by atoms with van der Waals surface area (Å²) in [5.74, 6) is 0.340. The van der Waals surface area contributed by atoms with Crippen LogP contribution in [0.25, 0.3) is 5.65 Å². The molecule has 136 valence electrons. The van der Waals surface area contributed by atoms with Crippen molar-refractivity contribution >= 4 is 11.6 Å². The fourth-order valence-electron chi connectivity index (χ4n) is 3.91. The van der Waals surface area contributed by atoms with Crippen molar-refractivity contribution in [1.82, 2.24) is 19.9 Å². The van der Waals surface area contributed by atoms with Crippen LogP contribution >= 0.6 is 0 Å². The van der Waals surface area contributed by atoms with Gasteiger partial charge in [0.2, 0.25) is 0 Å². The van der Waals surface area contributed by atoms with Crippen molar-refractivity contribution in [2.45, 2.75) is 65.0 Å². The summed E-state index contributed by atoms with van der Waals surface area (Å²) in [6.07, 6.45) is 6.21. The van der Waals surface area contributed by atoms with Crippen LogP contribution in [0.5, 0.6) is 0 Å². The van der Waals surface area contributed by atoms with Crippen molar-refractivity contribution in [2.75, 3.05) is 7.11 Å². The Hall–Kier alpha value is -1.95. The lowest BCUT2D eigenvalue weighted by Gasteiger charge is -2.39. The maximum absolute atomic E-state index is 12.9. The molecule has 0 bridgehead atoms. The average molecular weight is 344 g/mol. The largest absolute Gasteiger partial charge is 0.381 e. The zero-order valence-corrected chi connectivity index (χ0v) is 15.8. The number of nitrogens with zero attached hydrogens (tertiary/aromatic N) is 3. The molecule has 0 saturated heterocycles. The molecule has 0 atom stereocenters. The van der Waals surface area contributed by atoms with E-state index in [2.05, 4.69) is 29.2 Å². The first-order valence-corrected chi connectivity index (χ1v) is 8.99. The first-order chi connectivity index (χ1) is 11.8. The standard InChI is InChI=1S/C19H28N4O2/c1-12-10-13(2)23-17(21-12)16(11-20-23)18(24)22-19(3,4)14-6-8-15(25-5)9-7-14/h10-11,14-15H,6-9H2,1-5H3,(H,22,24). The number of nitrogens with one attached hydrogen (secondary N) is 1. The molecular weight excluding hydrogens is 316 g/mol. The molecule has 0 radical (unpaired) electrons. The zero-order valence-electron chi connectivity index (χ0n) is 15.8.